The van der Waals surface area contributed by atoms with Gasteiger partial charge in [0.15, 0.2) is 0 Å². The van der Waals surface area contributed by atoms with Crippen molar-refractivity contribution in [2.45, 2.75) is 17.9 Å². The zero-order valence-corrected chi connectivity index (χ0v) is 15.7. The smallest absolute Gasteiger partial charge is 0.281 e. The molecule has 10 heteroatoms. The number of anilines is 2. The Bertz CT molecular complexity index is 902. The number of nitrogens with one attached hydrogen (secondary N) is 2. The molecule has 0 aliphatic carbocycles. The molecule has 146 valence electrons. The maximum atomic E-state index is 14.3. The second-order valence-corrected chi connectivity index (χ2v) is 6.55. The maximum Gasteiger partial charge on any atom is 0.281 e. The first-order chi connectivity index (χ1) is 12.7. The number of hydroxylamine groups is 1. The molecule has 0 aliphatic heterocycles. The van der Waals surface area contributed by atoms with Gasteiger partial charge in [0, 0.05) is 18.0 Å². The lowest BCUT2D eigenvalue weighted by molar-refractivity contribution is -0.00703. The molecule has 0 fully saturated rings. The van der Waals surface area contributed by atoms with Crippen LogP contribution < -0.4 is 16.4 Å². The van der Waals surface area contributed by atoms with Crippen molar-refractivity contribution in [3.63, 3.8) is 0 Å². The molecule has 0 saturated heterocycles. The normalized spacial score (nSPS) is 11.9. The summed E-state index contributed by atoms with van der Waals surface area (Å²) in [6.07, 6.45) is 0.935. The zero-order chi connectivity index (χ0) is 20.1. The summed E-state index contributed by atoms with van der Waals surface area (Å²) in [7, 11) is 1.31. The molecule has 1 amide bonds. The number of thioether (sulfide) groups is 1. The van der Waals surface area contributed by atoms with Crippen LogP contribution in [0.3, 0.4) is 0 Å². The van der Waals surface area contributed by atoms with Crippen LogP contribution in [0.15, 0.2) is 34.0 Å². The van der Waals surface area contributed by atoms with Crippen LogP contribution in [0.1, 0.15) is 17.3 Å². The van der Waals surface area contributed by atoms with Crippen LogP contribution in [-0.4, -0.2) is 34.5 Å². The molecule has 2 rings (SSSR count). The number of aliphatic hydroxyl groups is 1. The van der Waals surface area contributed by atoms with Crippen LogP contribution in [0.5, 0.6) is 0 Å². The quantitative estimate of drug-likeness (QED) is 0.488. The highest BCUT2D eigenvalue weighted by Gasteiger charge is 2.22. The van der Waals surface area contributed by atoms with Gasteiger partial charge in [-0.1, -0.05) is 0 Å². The van der Waals surface area contributed by atoms with Crippen LogP contribution >= 0.6 is 11.8 Å². The molecular formula is C17H19F2N3O4S. The lowest BCUT2D eigenvalue weighted by Crippen LogP contribution is -2.31. The van der Waals surface area contributed by atoms with Crippen molar-refractivity contribution in [2.75, 3.05) is 18.2 Å². The fourth-order valence-corrected chi connectivity index (χ4v) is 2.59. The molecule has 0 aliphatic rings. The third-order valence-electron chi connectivity index (χ3n) is 3.54. The zero-order valence-electron chi connectivity index (χ0n) is 14.9. The van der Waals surface area contributed by atoms with Gasteiger partial charge in [-0.25, -0.2) is 14.3 Å². The Hall–Kier alpha value is -2.43. The van der Waals surface area contributed by atoms with Crippen molar-refractivity contribution >= 4 is 29.2 Å². The molecule has 3 N–H and O–H groups in total. The summed E-state index contributed by atoms with van der Waals surface area (Å²) < 4.78 is 29.6. The van der Waals surface area contributed by atoms with Gasteiger partial charge < -0.3 is 10.4 Å². The van der Waals surface area contributed by atoms with E-state index in [1.165, 1.54) is 37.9 Å². The average molecular weight is 399 g/mol. The van der Waals surface area contributed by atoms with E-state index in [1.807, 2.05) is 5.48 Å². The molecule has 1 aromatic heterocycles. The van der Waals surface area contributed by atoms with Gasteiger partial charge in [-0.05, 0) is 31.4 Å². The second kappa shape index (κ2) is 8.98. The molecule has 0 spiro atoms. The summed E-state index contributed by atoms with van der Waals surface area (Å²) in [4.78, 5) is 29.7. The van der Waals surface area contributed by atoms with E-state index in [0.717, 1.165) is 4.57 Å². The van der Waals surface area contributed by atoms with Crippen LogP contribution in [-0.2, 0) is 11.9 Å². The number of aliphatic hydroxyl groups excluding tert-OH is 1. The Balaban J connectivity index is 2.42. The van der Waals surface area contributed by atoms with Gasteiger partial charge in [-0.15, -0.1) is 11.8 Å². The SMILES string of the molecule is CSc1ccc(Nc2c(C(=O)NOC[C@H](C)O)c(F)cc(=O)n2C)c(F)c1. The summed E-state index contributed by atoms with van der Waals surface area (Å²) in [5.41, 5.74) is 0.695. The molecule has 27 heavy (non-hydrogen) atoms. The minimum absolute atomic E-state index is 0.0349. The van der Waals surface area contributed by atoms with Gasteiger partial charge in [0.1, 0.15) is 29.6 Å². The average Bonchev–Trinajstić information content (AvgIpc) is 2.60. The molecule has 1 heterocycles. The van der Waals surface area contributed by atoms with Crippen LogP contribution in [0.2, 0.25) is 0 Å². The molecule has 0 radical (unpaired) electrons. The van der Waals surface area contributed by atoms with Gasteiger partial charge in [-0.3, -0.25) is 19.0 Å². The monoisotopic (exact) mass is 399 g/mol. The van der Waals surface area contributed by atoms with E-state index in [-0.39, 0.29) is 18.1 Å². The first-order valence-corrected chi connectivity index (χ1v) is 9.07. The molecule has 2 aromatic rings. The molecule has 1 atom stereocenters. The Kier molecular flexibility index (Phi) is 6.94. The predicted octanol–water partition coefficient (Wildman–Crippen LogP) is 2.17. The highest BCUT2D eigenvalue weighted by Crippen LogP contribution is 2.26. The highest BCUT2D eigenvalue weighted by atomic mass is 32.2. The number of halogens is 2. The number of hydrogen-bond acceptors (Lipinski definition) is 6. The van der Waals surface area contributed by atoms with Gasteiger partial charge in [0.2, 0.25) is 0 Å². The van der Waals surface area contributed by atoms with E-state index < -0.39 is 34.8 Å². The molecule has 0 saturated carbocycles. The van der Waals surface area contributed by atoms with E-state index in [0.29, 0.717) is 11.0 Å². The van der Waals surface area contributed by atoms with Crippen molar-refractivity contribution in [3.05, 3.63) is 51.8 Å². The largest absolute Gasteiger partial charge is 0.391 e. The van der Waals surface area contributed by atoms with Crippen molar-refractivity contribution in [3.8, 4) is 0 Å². The summed E-state index contributed by atoms with van der Waals surface area (Å²) in [6, 6.07) is 4.97. The fraction of sp³-hybridized carbons (Fsp3) is 0.294. The van der Waals surface area contributed by atoms with Crippen LogP contribution in [0.25, 0.3) is 0 Å². The third kappa shape index (κ3) is 5.06. The number of nitrogens with zero attached hydrogens (tertiary/aromatic N) is 1. The van der Waals surface area contributed by atoms with Crippen LogP contribution in [0, 0.1) is 11.6 Å². The first kappa shape index (κ1) is 20.9. The predicted molar refractivity (Wildman–Crippen MR) is 98.2 cm³/mol. The summed E-state index contributed by atoms with van der Waals surface area (Å²) in [5, 5.41) is 11.7. The van der Waals surface area contributed by atoms with Gasteiger partial charge in [0.25, 0.3) is 11.5 Å². The topological polar surface area (TPSA) is 92.6 Å². The summed E-state index contributed by atoms with van der Waals surface area (Å²) >= 11 is 1.34. The van der Waals surface area contributed by atoms with E-state index in [4.69, 9.17) is 9.94 Å². The first-order valence-electron chi connectivity index (χ1n) is 7.84. The van der Waals surface area contributed by atoms with E-state index in [2.05, 4.69) is 5.32 Å². The second-order valence-electron chi connectivity index (χ2n) is 5.68. The van der Waals surface area contributed by atoms with Crippen molar-refractivity contribution in [2.24, 2.45) is 7.05 Å². The van der Waals surface area contributed by atoms with Crippen molar-refractivity contribution in [1.29, 1.82) is 0 Å². The standard InChI is InChI=1S/C17H19F2N3O4S/c1-9(23)8-26-21-17(25)15-12(19)7-14(24)22(2)16(15)20-13-5-4-10(27-3)6-11(13)18/h4-7,9,20,23H,8H2,1-3H3,(H,21,25)/t9-/m0/s1. The van der Waals surface area contributed by atoms with Crippen LogP contribution in [0.4, 0.5) is 20.3 Å². The molecule has 0 unspecified atom stereocenters. The van der Waals surface area contributed by atoms with Gasteiger partial charge >= 0.3 is 0 Å². The lowest BCUT2D eigenvalue weighted by Gasteiger charge is -2.17. The number of pyridine rings is 1. The third-order valence-corrected chi connectivity index (χ3v) is 4.26. The Morgan fingerprint density at radius 3 is 2.63 bits per heavy atom. The number of amides is 1. The van der Waals surface area contributed by atoms with E-state index >= 15 is 0 Å². The number of carbonyl (C=O) groups excluding carboxylic acids is 1. The number of carbonyl (C=O) groups is 1. The minimum atomic E-state index is -1.10. The van der Waals surface area contributed by atoms with Gasteiger partial charge in [0.05, 0.1) is 11.8 Å². The Morgan fingerprint density at radius 2 is 2.04 bits per heavy atom. The minimum Gasteiger partial charge on any atom is -0.391 e. The maximum absolute atomic E-state index is 14.3. The summed E-state index contributed by atoms with van der Waals surface area (Å²) in [6.45, 7) is 1.22. The molecule has 0 bridgehead atoms. The number of benzene rings is 1. The molecular weight excluding hydrogens is 380 g/mol. The number of hydrogen-bond donors (Lipinski definition) is 3. The molecule has 7 nitrogen and oxygen atoms in total. The highest BCUT2D eigenvalue weighted by molar-refractivity contribution is 7.98. The van der Waals surface area contributed by atoms with Crippen molar-refractivity contribution < 1.29 is 23.5 Å². The summed E-state index contributed by atoms with van der Waals surface area (Å²) in [5.74, 6) is -2.96. The fourth-order valence-electron chi connectivity index (χ4n) is 2.16. The Labute approximate surface area is 158 Å². The van der Waals surface area contributed by atoms with Crippen molar-refractivity contribution in [1.82, 2.24) is 10.0 Å². The number of rotatable bonds is 7. The Morgan fingerprint density at radius 1 is 1.33 bits per heavy atom. The van der Waals surface area contributed by atoms with E-state index in [9.17, 15) is 18.4 Å². The molecule has 1 aromatic carbocycles. The number of aromatic nitrogens is 1. The lowest BCUT2D eigenvalue weighted by atomic mass is 10.2. The van der Waals surface area contributed by atoms with Gasteiger partial charge in [-0.2, -0.15) is 0 Å². The van der Waals surface area contributed by atoms with E-state index in [1.54, 1.807) is 12.3 Å².